The summed E-state index contributed by atoms with van der Waals surface area (Å²) in [5.41, 5.74) is -0.163. The molecule has 1 fully saturated rings. The van der Waals surface area contributed by atoms with E-state index in [0.717, 1.165) is 6.07 Å². The van der Waals surface area contributed by atoms with Crippen LogP contribution in [0.5, 0.6) is 0 Å². The largest absolute Gasteiger partial charge is 0.444 e. The van der Waals surface area contributed by atoms with E-state index >= 15 is 0 Å². The molecule has 0 N–H and O–H groups in total. The summed E-state index contributed by atoms with van der Waals surface area (Å²) in [6.45, 7) is 7.31. The van der Waals surface area contributed by atoms with Crippen molar-refractivity contribution in [1.82, 2.24) is 4.90 Å². The average Bonchev–Trinajstić information content (AvgIpc) is 2.46. The highest BCUT2D eigenvalue weighted by molar-refractivity contribution is 7.98. The minimum atomic E-state index is -0.578. The van der Waals surface area contributed by atoms with Gasteiger partial charge in [0.25, 0.3) is 0 Å². The average molecular weight is 344 g/mol. The SMILES string of the molecule is CSc1cc(N2CCN(C(=O)OC(C)(C)C)CC2)c(F)cc1F. The van der Waals surface area contributed by atoms with Crippen molar-refractivity contribution in [3.8, 4) is 0 Å². The van der Waals surface area contributed by atoms with Crippen LogP contribution < -0.4 is 4.90 Å². The molecule has 23 heavy (non-hydrogen) atoms. The van der Waals surface area contributed by atoms with E-state index in [4.69, 9.17) is 4.74 Å². The molecule has 1 aliphatic heterocycles. The first-order valence-electron chi connectivity index (χ1n) is 7.47. The lowest BCUT2D eigenvalue weighted by Gasteiger charge is -2.37. The Bertz CT molecular complexity index is 582. The molecule has 0 bridgehead atoms. The maximum Gasteiger partial charge on any atom is 0.410 e. The number of amides is 1. The topological polar surface area (TPSA) is 32.8 Å². The number of carbonyl (C=O) groups excluding carboxylic acids is 1. The van der Waals surface area contributed by atoms with Crippen molar-refractivity contribution in [3.05, 3.63) is 23.8 Å². The van der Waals surface area contributed by atoms with Crippen molar-refractivity contribution >= 4 is 23.5 Å². The summed E-state index contributed by atoms with van der Waals surface area (Å²) in [4.78, 5) is 15.9. The molecule has 1 aromatic carbocycles. The van der Waals surface area contributed by atoms with Gasteiger partial charge in [0.2, 0.25) is 0 Å². The zero-order valence-corrected chi connectivity index (χ0v) is 14.7. The van der Waals surface area contributed by atoms with Gasteiger partial charge in [-0.25, -0.2) is 13.6 Å². The molecule has 0 unspecified atom stereocenters. The van der Waals surface area contributed by atoms with Gasteiger partial charge in [-0.15, -0.1) is 11.8 Å². The third-order valence-electron chi connectivity index (χ3n) is 3.49. The van der Waals surface area contributed by atoms with Gasteiger partial charge in [-0.2, -0.15) is 0 Å². The second-order valence-electron chi connectivity index (χ2n) is 6.39. The molecular formula is C16H22F2N2O2S. The second-order valence-corrected chi connectivity index (χ2v) is 7.24. The van der Waals surface area contributed by atoms with Crippen LogP contribution in [-0.2, 0) is 4.74 Å². The Morgan fingerprint density at radius 1 is 1.13 bits per heavy atom. The highest BCUT2D eigenvalue weighted by atomic mass is 32.2. The third kappa shape index (κ3) is 4.50. The van der Waals surface area contributed by atoms with Gasteiger partial charge in [-0.05, 0) is 33.1 Å². The van der Waals surface area contributed by atoms with Crippen LogP contribution in [0.4, 0.5) is 19.3 Å². The van der Waals surface area contributed by atoms with Crippen molar-refractivity contribution in [3.63, 3.8) is 0 Å². The van der Waals surface area contributed by atoms with E-state index in [-0.39, 0.29) is 6.09 Å². The molecule has 0 aromatic heterocycles. The number of benzene rings is 1. The van der Waals surface area contributed by atoms with Crippen LogP contribution >= 0.6 is 11.8 Å². The number of rotatable bonds is 2. The zero-order valence-electron chi connectivity index (χ0n) is 13.9. The summed E-state index contributed by atoms with van der Waals surface area (Å²) < 4.78 is 32.9. The second kappa shape index (κ2) is 6.95. The standard InChI is InChI=1S/C16H22F2N2O2S/c1-16(2,3)22-15(21)20-7-5-19(6-8-20)13-10-14(23-4)12(18)9-11(13)17/h9-10H,5-8H2,1-4H3. The third-order valence-corrected chi connectivity index (χ3v) is 4.25. The molecule has 1 saturated heterocycles. The Kier molecular flexibility index (Phi) is 5.39. The molecule has 128 valence electrons. The smallest absolute Gasteiger partial charge is 0.410 e. The quantitative estimate of drug-likeness (QED) is 0.765. The van der Waals surface area contributed by atoms with Crippen molar-refractivity contribution in [2.24, 2.45) is 0 Å². The van der Waals surface area contributed by atoms with Crippen LogP contribution in [0.25, 0.3) is 0 Å². The molecule has 0 saturated carbocycles. The summed E-state index contributed by atoms with van der Waals surface area (Å²) in [6.07, 6.45) is 1.39. The Balaban J connectivity index is 2.03. The van der Waals surface area contributed by atoms with Crippen LogP contribution in [0.1, 0.15) is 20.8 Å². The molecule has 0 radical (unpaired) electrons. The Labute approximate surface area is 139 Å². The van der Waals surface area contributed by atoms with Gasteiger partial charge in [0.15, 0.2) is 0 Å². The maximum absolute atomic E-state index is 14.0. The van der Waals surface area contributed by atoms with E-state index in [1.54, 1.807) is 11.2 Å². The van der Waals surface area contributed by atoms with Gasteiger partial charge < -0.3 is 14.5 Å². The summed E-state index contributed by atoms with van der Waals surface area (Å²) in [6, 6.07) is 2.44. The van der Waals surface area contributed by atoms with E-state index in [2.05, 4.69) is 0 Å². The lowest BCUT2D eigenvalue weighted by molar-refractivity contribution is 0.0240. The number of anilines is 1. The monoisotopic (exact) mass is 344 g/mol. The lowest BCUT2D eigenvalue weighted by Crippen LogP contribution is -2.50. The molecule has 4 nitrogen and oxygen atoms in total. The van der Waals surface area contributed by atoms with Crippen molar-refractivity contribution in [2.45, 2.75) is 31.3 Å². The van der Waals surface area contributed by atoms with Crippen LogP contribution in [0.15, 0.2) is 17.0 Å². The number of hydrogen-bond donors (Lipinski definition) is 0. The number of nitrogens with zero attached hydrogens (tertiary/aromatic N) is 2. The number of carbonyl (C=O) groups is 1. The summed E-state index contributed by atoms with van der Waals surface area (Å²) in [5, 5.41) is 0. The van der Waals surface area contributed by atoms with E-state index in [1.807, 2.05) is 25.7 Å². The highest BCUT2D eigenvalue weighted by Gasteiger charge is 2.27. The molecular weight excluding hydrogens is 322 g/mol. The van der Waals surface area contributed by atoms with Crippen LogP contribution in [0, 0.1) is 11.6 Å². The normalized spacial score (nSPS) is 15.7. The van der Waals surface area contributed by atoms with Gasteiger partial charge in [0.1, 0.15) is 17.2 Å². The van der Waals surface area contributed by atoms with Crippen LogP contribution in [-0.4, -0.2) is 49.0 Å². The summed E-state index contributed by atoms with van der Waals surface area (Å²) in [5.74, 6) is -1.13. The van der Waals surface area contributed by atoms with Crippen LogP contribution in [0.2, 0.25) is 0 Å². The first kappa shape index (κ1) is 17.8. The van der Waals surface area contributed by atoms with Gasteiger partial charge >= 0.3 is 6.09 Å². The van der Waals surface area contributed by atoms with Crippen molar-refractivity contribution in [2.75, 3.05) is 37.3 Å². The number of halogens is 2. The van der Waals surface area contributed by atoms with Crippen LogP contribution in [0.3, 0.4) is 0 Å². The van der Waals surface area contributed by atoms with E-state index in [1.165, 1.54) is 17.8 Å². The molecule has 0 spiro atoms. The molecule has 1 aromatic rings. The number of hydrogen-bond acceptors (Lipinski definition) is 4. The fourth-order valence-electron chi connectivity index (χ4n) is 2.37. The van der Waals surface area contributed by atoms with Crippen molar-refractivity contribution in [1.29, 1.82) is 0 Å². The molecule has 0 aliphatic carbocycles. The minimum absolute atomic E-state index is 0.360. The first-order chi connectivity index (χ1) is 10.7. The Morgan fingerprint density at radius 2 is 1.74 bits per heavy atom. The predicted octanol–water partition coefficient (Wildman–Crippen LogP) is 3.74. The maximum atomic E-state index is 14.0. The van der Waals surface area contributed by atoms with Gasteiger partial charge in [-0.3, -0.25) is 0 Å². The Hall–Kier alpha value is -1.50. The van der Waals surface area contributed by atoms with Crippen molar-refractivity contribution < 1.29 is 18.3 Å². The van der Waals surface area contributed by atoms with E-state index in [9.17, 15) is 13.6 Å². The molecule has 1 heterocycles. The first-order valence-corrected chi connectivity index (χ1v) is 8.69. The van der Waals surface area contributed by atoms with E-state index < -0.39 is 17.2 Å². The number of thioether (sulfide) groups is 1. The van der Waals surface area contributed by atoms with Gasteiger partial charge in [0, 0.05) is 37.1 Å². The zero-order chi connectivity index (χ0) is 17.2. The number of piperazine rings is 1. The van der Waals surface area contributed by atoms with E-state index in [0.29, 0.717) is 36.8 Å². The molecule has 1 amide bonds. The van der Waals surface area contributed by atoms with Gasteiger partial charge in [-0.1, -0.05) is 0 Å². The number of ether oxygens (including phenoxy) is 1. The fourth-order valence-corrected chi connectivity index (χ4v) is 2.86. The minimum Gasteiger partial charge on any atom is -0.444 e. The predicted molar refractivity (Wildman–Crippen MR) is 88.2 cm³/mol. The summed E-state index contributed by atoms with van der Waals surface area (Å²) in [7, 11) is 0. The molecule has 2 rings (SSSR count). The molecule has 1 aliphatic rings. The Morgan fingerprint density at radius 3 is 2.26 bits per heavy atom. The highest BCUT2D eigenvalue weighted by Crippen LogP contribution is 2.29. The lowest BCUT2D eigenvalue weighted by atomic mass is 10.2. The molecule has 7 heteroatoms. The summed E-state index contributed by atoms with van der Waals surface area (Å²) >= 11 is 1.24. The van der Waals surface area contributed by atoms with Gasteiger partial charge in [0.05, 0.1) is 5.69 Å². The molecule has 0 atom stereocenters. The fraction of sp³-hybridized carbons (Fsp3) is 0.562.